The zero-order chi connectivity index (χ0) is 27.2. The Morgan fingerprint density at radius 3 is 2.41 bits per heavy atom. The highest BCUT2D eigenvalue weighted by molar-refractivity contribution is 6.30. The van der Waals surface area contributed by atoms with Gasteiger partial charge in [0.15, 0.2) is 0 Å². The molecule has 0 aliphatic heterocycles. The van der Waals surface area contributed by atoms with Gasteiger partial charge in [0.1, 0.15) is 5.75 Å². The van der Waals surface area contributed by atoms with E-state index < -0.39 is 29.7 Å². The lowest BCUT2D eigenvalue weighted by atomic mass is 9.82. The maximum absolute atomic E-state index is 14.0. The van der Waals surface area contributed by atoms with Crippen molar-refractivity contribution in [3.63, 3.8) is 0 Å². The highest BCUT2D eigenvalue weighted by atomic mass is 35.5. The largest absolute Gasteiger partial charge is 0.496 e. The molecule has 0 radical (unpaired) electrons. The summed E-state index contributed by atoms with van der Waals surface area (Å²) in [6.07, 6.45) is -2.41. The molecule has 1 unspecified atom stereocenters. The summed E-state index contributed by atoms with van der Waals surface area (Å²) in [6.45, 7) is 0.303. The van der Waals surface area contributed by atoms with E-state index in [4.69, 9.17) is 26.2 Å². The van der Waals surface area contributed by atoms with Crippen molar-refractivity contribution in [1.82, 2.24) is 5.32 Å². The number of carboxylic acids is 1. The Balaban J connectivity index is 1.78. The molecule has 0 saturated heterocycles. The number of amides is 1. The SMILES string of the molecule is COCC(Nc1ccc(C(=O)NCC2CCC(C(=O)O)CC2)cc1C(F)(F)F)c1cc(Cl)ccc1OC. The van der Waals surface area contributed by atoms with Crippen LogP contribution in [0.3, 0.4) is 0 Å². The van der Waals surface area contributed by atoms with Crippen LogP contribution in [0.25, 0.3) is 0 Å². The fourth-order valence-electron chi connectivity index (χ4n) is 4.54. The van der Waals surface area contributed by atoms with E-state index in [9.17, 15) is 22.8 Å². The van der Waals surface area contributed by atoms with Crippen LogP contribution < -0.4 is 15.4 Å². The maximum Gasteiger partial charge on any atom is 0.418 e. The Morgan fingerprint density at radius 2 is 1.81 bits per heavy atom. The van der Waals surface area contributed by atoms with Crippen LogP contribution in [-0.2, 0) is 15.7 Å². The van der Waals surface area contributed by atoms with Gasteiger partial charge in [-0.15, -0.1) is 0 Å². The fourth-order valence-corrected chi connectivity index (χ4v) is 4.72. The summed E-state index contributed by atoms with van der Waals surface area (Å²) in [4.78, 5) is 23.8. The Kier molecular flexibility index (Phi) is 9.67. The van der Waals surface area contributed by atoms with Crippen molar-refractivity contribution < 1.29 is 37.3 Å². The van der Waals surface area contributed by atoms with Crippen molar-refractivity contribution in [2.75, 3.05) is 32.7 Å². The van der Waals surface area contributed by atoms with Crippen LogP contribution in [0, 0.1) is 11.8 Å². The first kappa shape index (κ1) is 28.6. The molecule has 202 valence electrons. The molecule has 3 rings (SSSR count). The van der Waals surface area contributed by atoms with Crippen LogP contribution in [0.4, 0.5) is 18.9 Å². The van der Waals surface area contributed by atoms with Crippen LogP contribution >= 0.6 is 11.6 Å². The predicted octanol–water partition coefficient (Wildman–Crippen LogP) is 5.79. The molecule has 11 heteroatoms. The number of hydrogen-bond donors (Lipinski definition) is 3. The third-order valence-corrected chi connectivity index (χ3v) is 6.80. The molecule has 0 heterocycles. The summed E-state index contributed by atoms with van der Waals surface area (Å²) in [6, 6.07) is 7.46. The molecule has 0 spiro atoms. The smallest absolute Gasteiger partial charge is 0.418 e. The topological polar surface area (TPSA) is 96.9 Å². The van der Waals surface area contributed by atoms with Gasteiger partial charge in [-0.25, -0.2) is 0 Å². The van der Waals surface area contributed by atoms with Crippen LogP contribution in [0.1, 0.15) is 53.2 Å². The van der Waals surface area contributed by atoms with Gasteiger partial charge in [-0.2, -0.15) is 13.2 Å². The van der Waals surface area contributed by atoms with Crippen molar-refractivity contribution in [1.29, 1.82) is 0 Å². The molecule has 0 aromatic heterocycles. The summed E-state index contributed by atoms with van der Waals surface area (Å²) in [5.41, 5.74) is -0.825. The molecule has 2 aromatic carbocycles. The summed E-state index contributed by atoms with van der Waals surface area (Å²) in [7, 11) is 2.88. The summed E-state index contributed by atoms with van der Waals surface area (Å²) < 4.78 is 52.6. The third-order valence-electron chi connectivity index (χ3n) is 6.56. The van der Waals surface area contributed by atoms with Gasteiger partial charge in [-0.1, -0.05) is 11.6 Å². The van der Waals surface area contributed by atoms with Gasteiger partial charge in [0.25, 0.3) is 5.91 Å². The summed E-state index contributed by atoms with van der Waals surface area (Å²) >= 11 is 6.11. The van der Waals surface area contributed by atoms with Crippen LogP contribution in [0.5, 0.6) is 5.75 Å². The molecular formula is C26H30ClF3N2O5. The van der Waals surface area contributed by atoms with Crippen LogP contribution in [-0.4, -0.2) is 44.4 Å². The average Bonchev–Trinajstić information content (AvgIpc) is 2.86. The van der Waals surface area contributed by atoms with Gasteiger partial charge < -0.3 is 25.2 Å². The van der Waals surface area contributed by atoms with Gasteiger partial charge in [-0.3, -0.25) is 9.59 Å². The second-order valence-electron chi connectivity index (χ2n) is 9.06. The van der Waals surface area contributed by atoms with Crippen LogP contribution in [0.2, 0.25) is 5.02 Å². The molecule has 3 N–H and O–H groups in total. The lowest BCUT2D eigenvalue weighted by molar-refractivity contribution is -0.143. The molecule has 1 saturated carbocycles. The van der Waals surface area contributed by atoms with Gasteiger partial charge >= 0.3 is 12.1 Å². The van der Waals surface area contributed by atoms with E-state index in [-0.39, 0.29) is 36.2 Å². The second-order valence-corrected chi connectivity index (χ2v) is 9.50. The molecular weight excluding hydrogens is 513 g/mol. The highest BCUT2D eigenvalue weighted by Crippen LogP contribution is 2.38. The molecule has 2 aromatic rings. The number of aliphatic carboxylic acids is 1. The molecule has 1 fully saturated rings. The lowest BCUT2D eigenvalue weighted by Crippen LogP contribution is -2.32. The number of benzene rings is 2. The first-order valence-corrected chi connectivity index (χ1v) is 12.2. The number of ether oxygens (including phenoxy) is 2. The molecule has 37 heavy (non-hydrogen) atoms. The molecule has 0 bridgehead atoms. The second kappa shape index (κ2) is 12.5. The quantitative estimate of drug-likeness (QED) is 0.352. The third kappa shape index (κ3) is 7.52. The van der Waals surface area contributed by atoms with E-state index in [0.717, 1.165) is 6.07 Å². The Bertz CT molecular complexity index is 1100. The standard InChI is InChI=1S/C26H30ClF3N2O5/c1-36-14-22(19-12-18(27)8-10-23(19)37-2)32-21-9-7-17(11-20(21)26(28,29)30)24(33)31-13-15-3-5-16(6-4-15)25(34)35/h7-12,15-16,22,32H,3-6,13-14H2,1-2H3,(H,31,33)(H,34,35). The number of carbonyl (C=O) groups is 2. The maximum atomic E-state index is 14.0. The van der Waals surface area contributed by atoms with Crippen molar-refractivity contribution in [2.45, 2.75) is 37.9 Å². The number of methoxy groups -OCH3 is 2. The van der Waals surface area contributed by atoms with Crippen molar-refractivity contribution in [3.05, 3.63) is 58.1 Å². The van der Waals surface area contributed by atoms with Crippen molar-refractivity contribution in [3.8, 4) is 5.75 Å². The van der Waals surface area contributed by atoms with Gasteiger partial charge in [-0.05, 0) is 68.0 Å². The number of nitrogens with one attached hydrogen (secondary N) is 2. The van der Waals surface area contributed by atoms with Gasteiger partial charge in [0.2, 0.25) is 0 Å². The van der Waals surface area contributed by atoms with Gasteiger partial charge in [0, 0.05) is 35.5 Å². The molecule has 1 amide bonds. The predicted molar refractivity (Wildman–Crippen MR) is 133 cm³/mol. The molecule has 1 aliphatic rings. The van der Waals surface area contributed by atoms with Crippen molar-refractivity contribution >= 4 is 29.2 Å². The first-order chi connectivity index (χ1) is 17.5. The number of carbonyl (C=O) groups excluding carboxylic acids is 1. The number of rotatable bonds is 10. The van der Waals surface area contributed by atoms with E-state index in [0.29, 0.717) is 42.0 Å². The van der Waals surface area contributed by atoms with E-state index in [2.05, 4.69) is 10.6 Å². The summed E-state index contributed by atoms with van der Waals surface area (Å²) in [5.74, 6) is -1.30. The van der Waals surface area contributed by atoms with E-state index >= 15 is 0 Å². The molecule has 1 aliphatic carbocycles. The Morgan fingerprint density at radius 1 is 1.11 bits per heavy atom. The minimum absolute atomic E-state index is 0.0281. The fraction of sp³-hybridized carbons (Fsp3) is 0.462. The number of halogens is 4. The van der Waals surface area contributed by atoms with Crippen molar-refractivity contribution in [2.24, 2.45) is 11.8 Å². The number of alkyl halides is 3. The minimum Gasteiger partial charge on any atom is -0.496 e. The average molecular weight is 543 g/mol. The minimum atomic E-state index is -4.73. The highest BCUT2D eigenvalue weighted by Gasteiger charge is 2.35. The number of hydrogen-bond acceptors (Lipinski definition) is 5. The summed E-state index contributed by atoms with van der Waals surface area (Å²) in [5, 5.41) is 15.1. The van der Waals surface area contributed by atoms with E-state index in [1.807, 2.05) is 0 Å². The monoisotopic (exact) mass is 542 g/mol. The first-order valence-electron chi connectivity index (χ1n) is 11.8. The molecule has 1 atom stereocenters. The van der Waals surface area contributed by atoms with Crippen LogP contribution in [0.15, 0.2) is 36.4 Å². The molecule has 7 nitrogen and oxygen atoms in total. The Labute approximate surface area is 218 Å². The number of anilines is 1. The zero-order valence-electron chi connectivity index (χ0n) is 20.5. The lowest BCUT2D eigenvalue weighted by Gasteiger charge is -2.26. The van der Waals surface area contributed by atoms with Gasteiger partial charge in [0.05, 0.1) is 31.2 Å². The zero-order valence-corrected chi connectivity index (χ0v) is 21.3. The Hall–Kier alpha value is -2.98. The van der Waals surface area contributed by atoms with E-state index in [1.54, 1.807) is 18.2 Å². The normalized spacial score (nSPS) is 18.6. The van der Waals surface area contributed by atoms with E-state index in [1.165, 1.54) is 26.4 Å². The number of carboxylic acid groups (broad SMARTS) is 1.